The SMILES string of the molecule is Cc1ncnc(N(C)C)c1/N=C\N. The van der Waals surface area contributed by atoms with Gasteiger partial charge in [0.1, 0.15) is 12.0 Å². The van der Waals surface area contributed by atoms with Crippen molar-refractivity contribution in [2.24, 2.45) is 10.7 Å². The summed E-state index contributed by atoms with van der Waals surface area (Å²) in [5, 5.41) is 0. The van der Waals surface area contributed by atoms with E-state index in [9.17, 15) is 0 Å². The van der Waals surface area contributed by atoms with E-state index in [4.69, 9.17) is 5.73 Å². The van der Waals surface area contributed by atoms with Crippen molar-refractivity contribution in [3.63, 3.8) is 0 Å². The van der Waals surface area contributed by atoms with E-state index >= 15 is 0 Å². The summed E-state index contributed by atoms with van der Waals surface area (Å²) < 4.78 is 0. The second-order valence-electron chi connectivity index (χ2n) is 2.80. The molecule has 0 amide bonds. The summed E-state index contributed by atoms with van der Waals surface area (Å²) in [4.78, 5) is 14.0. The quantitative estimate of drug-likeness (QED) is 0.529. The normalized spacial score (nSPS) is 10.7. The average Bonchev–Trinajstić information content (AvgIpc) is 2.08. The molecule has 0 radical (unpaired) electrons. The van der Waals surface area contributed by atoms with Crippen molar-refractivity contribution >= 4 is 17.8 Å². The van der Waals surface area contributed by atoms with Gasteiger partial charge in [0.25, 0.3) is 0 Å². The molecule has 1 heterocycles. The van der Waals surface area contributed by atoms with Crippen LogP contribution >= 0.6 is 0 Å². The lowest BCUT2D eigenvalue weighted by Crippen LogP contribution is -2.11. The maximum absolute atomic E-state index is 5.23. The first kappa shape index (κ1) is 9.44. The van der Waals surface area contributed by atoms with Crippen LogP contribution in [0.25, 0.3) is 0 Å². The van der Waals surface area contributed by atoms with Gasteiger partial charge in [-0.05, 0) is 6.92 Å². The van der Waals surface area contributed by atoms with E-state index in [1.165, 1.54) is 12.7 Å². The van der Waals surface area contributed by atoms with Crippen molar-refractivity contribution in [2.45, 2.75) is 6.92 Å². The number of nitrogens with two attached hydrogens (primary N) is 1. The van der Waals surface area contributed by atoms with Gasteiger partial charge in [0.2, 0.25) is 0 Å². The van der Waals surface area contributed by atoms with Crippen molar-refractivity contribution in [1.29, 1.82) is 0 Å². The molecule has 1 rings (SSSR count). The third-order valence-electron chi connectivity index (χ3n) is 1.61. The number of aliphatic imine (C=N–C) groups is 1. The van der Waals surface area contributed by atoms with Gasteiger partial charge in [0.05, 0.1) is 12.0 Å². The standard InChI is InChI=1S/C8H13N5/c1-6-7(10-4-9)8(13(2)3)12-5-11-6/h4-5H,1-3H3,(H2,9,10). The first-order valence-corrected chi connectivity index (χ1v) is 3.90. The molecule has 0 aliphatic heterocycles. The highest BCUT2D eigenvalue weighted by Gasteiger charge is 2.07. The van der Waals surface area contributed by atoms with Gasteiger partial charge in [-0.1, -0.05) is 0 Å². The molecular formula is C8H13N5. The van der Waals surface area contributed by atoms with E-state index in [1.807, 2.05) is 25.9 Å². The summed E-state index contributed by atoms with van der Waals surface area (Å²) in [6.45, 7) is 1.87. The molecule has 5 heteroatoms. The topological polar surface area (TPSA) is 67.4 Å². The van der Waals surface area contributed by atoms with Gasteiger partial charge in [0, 0.05) is 14.1 Å². The highest BCUT2D eigenvalue weighted by molar-refractivity contribution is 5.69. The molecule has 0 saturated carbocycles. The molecular weight excluding hydrogens is 166 g/mol. The fourth-order valence-electron chi connectivity index (χ4n) is 1.01. The van der Waals surface area contributed by atoms with Crippen LogP contribution in [0, 0.1) is 6.92 Å². The first-order valence-electron chi connectivity index (χ1n) is 3.90. The molecule has 0 bridgehead atoms. The number of rotatable bonds is 2. The maximum atomic E-state index is 5.23. The molecule has 1 aromatic rings. The maximum Gasteiger partial charge on any atom is 0.157 e. The van der Waals surface area contributed by atoms with Gasteiger partial charge < -0.3 is 10.6 Å². The number of hydrogen-bond acceptors (Lipinski definition) is 4. The Balaban J connectivity index is 3.25. The molecule has 1 aromatic heterocycles. The van der Waals surface area contributed by atoms with Gasteiger partial charge in [-0.25, -0.2) is 15.0 Å². The van der Waals surface area contributed by atoms with E-state index in [0.717, 1.165) is 17.2 Å². The number of aryl methyl sites for hydroxylation is 1. The van der Waals surface area contributed by atoms with Gasteiger partial charge in [0.15, 0.2) is 5.82 Å². The smallest absolute Gasteiger partial charge is 0.157 e. The second kappa shape index (κ2) is 3.84. The summed E-state index contributed by atoms with van der Waals surface area (Å²) in [5.74, 6) is 0.772. The lowest BCUT2D eigenvalue weighted by atomic mass is 10.3. The monoisotopic (exact) mass is 179 g/mol. The minimum Gasteiger partial charge on any atom is -0.390 e. The molecule has 5 nitrogen and oxygen atoms in total. The number of aromatic nitrogens is 2. The predicted octanol–water partition coefficient (Wildman–Crippen LogP) is 0.470. The van der Waals surface area contributed by atoms with Crippen LogP contribution in [-0.4, -0.2) is 30.4 Å². The third-order valence-corrected chi connectivity index (χ3v) is 1.61. The van der Waals surface area contributed by atoms with Crippen LogP contribution < -0.4 is 10.6 Å². The van der Waals surface area contributed by atoms with Crippen molar-refractivity contribution in [2.75, 3.05) is 19.0 Å². The van der Waals surface area contributed by atoms with Crippen molar-refractivity contribution in [3.05, 3.63) is 12.0 Å². The third kappa shape index (κ3) is 1.93. The largest absolute Gasteiger partial charge is 0.390 e. The summed E-state index contributed by atoms with van der Waals surface area (Å²) >= 11 is 0. The summed E-state index contributed by atoms with van der Waals surface area (Å²) in [6.07, 6.45) is 2.76. The lowest BCUT2D eigenvalue weighted by molar-refractivity contribution is 1.01. The molecule has 0 aliphatic carbocycles. The zero-order chi connectivity index (χ0) is 9.84. The molecule has 0 spiro atoms. The van der Waals surface area contributed by atoms with Gasteiger partial charge in [-0.15, -0.1) is 0 Å². The van der Waals surface area contributed by atoms with Crippen LogP contribution in [0.2, 0.25) is 0 Å². The minimum absolute atomic E-state index is 0.718. The minimum atomic E-state index is 0.718. The van der Waals surface area contributed by atoms with Crippen LogP contribution in [0.1, 0.15) is 5.69 Å². The van der Waals surface area contributed by atoms with Crippen molar-refractivity contribution in [3.8, 4) is 0 Å². The van der Waals surface area contributed by atoms with Crippen molar-refractivity contribution < 1.29 is 0 Å². The Bertz CT molecular complexity index is 318. The van der Waals surface area contributed by atoms with Crippen LogP contribution in [0.15, 0.2) is 11.3 Å². The zero-order valence-electron chi connectivity index (χ0n) is 8.02. The van der Waals surface area contributed by atoms with E-state index in [-0.39, 0.29) is 0 Å². The molecule has 70 valence electrons. The Hall–Kier alpha value is -1.65. The molecule has 0 aliphatic rings. The molecule has 2 N–H and O–H groups in total. The van der Waals surface area contributed by atoms with E-state index < -0.39 is 0 Å². The lowest BCUT2D eigenvalue weighted by Gasteiger charge is -2.13. The Labute approximate surface area is 77.3 Å². The molecule has 0 atom stereocenters. The van der Waals surface area contributed by atoms with Crippen LogP contribution in [-0.2, 0) is 0 Å². The van der Waals surface area contributed by atoms with Crippen LogP contribution in [0.3, 0.4) is 0 Å². The molecule has 13 heavy (non-hydrogen) atoms. The average molecular weight is 179 g/mol. The van der Waals surface area contributed by atoms with Gasteiger partial charge in [-0.2, -0.15) is 0 Å². The van der Waals surface area contributed by atoms with Gasteiger partial charge in [-0.3, -0.25) is 0 Å². The van der Waals surface area contributed by atoms with E-state index in [2.05, 4.69) is 15.0 Å². The highest BCUT2D eigenvalue weighted by atomic mass is 15.2. The predicted molar refractivity (Wildman–Crippen MR) is 53.4 cm³/mol. The highest BCUT2D eigenvalue weighted by Crippen LogP contribution is 2.25. The number of hydrogen-bond donors (Lipinski definition) is 1. The zero-order valence-corrected chi connectivity index (χ0v) is 8.02. The summed E-state index contributed by atoms with van der Waals surface area (Å²) in [7, 11) is 3.80. The fraction of sp³-hybridized carbons (Fsp3) is 0.375. The van der Waals surface area contributed by atoms with Crippen LogP contribution in [0.4, 0.5) is 11.5 Å². The Morgan fingerprint density at radius 3 is 2.69 bits per heavy atom. The molecule has 0 saturated heterocycles. The molecule has 0 aromatic carbocycles. The molecule has 0 unspecified atom stereocenters. The number of nitrogens with zero attached hydrogens (tertiary/aromatic N) is 4. The summed E-state index contributed by atoms with van der Waals surface area (Å²) in [5.41, 5.74) is 6.77. The van der Waals surface area contributed by atoms with Crippen LogP contribution in [0.5, 0.6) is 0 Å². The molecule has 0 fully saturated rings. The van der Waals surface area contributed by atoms with Gasteiger partial charge >= 0.3 is 0 Å². The van der Waals surface area contributed by atoms with Crippen molar-refractivity contribution in [1.82, 2.24) is 9.97 Å². The Morgan fingerprint density at radius 2 is 2.15 bits per heavy atom. The first-order chi connectivity index (χ1) is 6.16. The second-order valence-corrected chi connectivity index (χ2v) is 2.80. The Kier molecular flexibility index (Phi) is 2.79. The Morgan fingerprint density at radius 1 is 1.46 bits per heavy atom. The fourth-order valence-corrected chi connectivity index (χ4v) is 1.01. The summed E-state index contributed by atoms with van der Waals surface area (Å²) in [6, 6.07) is 0. The number of anilines is 1. The van der Waals surface area contributed by atoms with E-state index in [1.54, 1.807) is 0 Å². The van der Waals surface area contributed by atoms with E-state index in [0.29, 0.717) is 0 Å².